The summed E-state index contributed by atoms with van der Waals surface area (Å²) in [5.41, 5.74) is 3.04. The molecule has 2 amide bonds. The third-order valence-electron chi connectivity index (χ3n) is 7.22. The number of carboxylic acids is 1. The molecule has 1 saturated heterocycles. The highest BCUT2D eigenvalue weighted by Crippen LogP contribution is 2.44. The van der Waals surface area contributed by atoms with Crippen LogP contribution in [0.1, 0.15) is 44.2 Å². The minimum atomic E-state index is -1.41. The Morgan fingerprint density at radius 1 is 1.09 bits per heavy atom. The van der Waals surface area contributed by atoms with Crippen molar-refractivity contribution in [1.82, 2.24) is 10.2 Å². The maximum Gasteiger partial charge on any atom is 0.407 e. The molecule has 2 aromatic carbocycles. The van der Waals surface area contributed by atoms with Gasteiger partial charge in [-0.2, -0.15) is 0 Å². The van der Waals surface area contributed by atoms with Crippen molar-refractivity contribution in [1.29, 1.82) is 0 Å². The van der Waals surface area contributed by atoms with Crippen molar-refractivity contribution in [2.24, 2.45) is 5.92 Å². The largest absolute Gasteiger partial charge is 0.480 e. The van der Waals surface area contributed by atoms with E-state index in [0.29, 0.717) is 0 Å². The topological polar surface area (TPSA) is 105 Å². The van der Waals surface area contributed by atoms with Crippen LogP contribution in [0.4, 0.5) is 4.79 Å². The highest BCUT2D eigenvalue weighted by molar-refractivity contribution is 5.92. The van der Waals surface area contributed by atoms with Gasteiger partial charge in [0, 0.05) is 26.0 Å². The summed E-state index contributed by atoms with van der Waals surface area (Å²) in [7, 11) is 1.50. The Bertz CT molecular complexity index is 1090. The summed E-state index contributed by atoms with van der Waals surface area (Å²) in [6.07, 6.45) is -0.916. The van der Waals surface area contributed by atoms with Gasteiger partial charge in [-0.3, -0.25) is 4.79 Å². The minimum absolute atomic E-state index is 0.0994. The standard InChI is InChI=1S/C27H32N2O6/c1-16(2)23(24(30)29-14-17(34-4)13-27(29,3)25(31)32)28-26(33)35-15-22-20-11-7-5-9-18(20)19-10-6-8-12-21(19)22/h5-12,16-17,22-23H,13-15H2,1-4H3,(H,28,33)(H,31,32)/t17?,23-,27?/m0/s1. The van der Waals surface area contributed by atoms with E-state index in [2.05, 4.69) is 17.4 Å². The van der Waals surface area contributed by atoms with Gasteiger partial charge < -0.3 is 24.8 Å². The second-order valence-corrected chi connectivity index (χ2v) is 9.78. The Kier molecular flexibility index (Phi) is 6.85. The summed E-state index contributed by atoms with van der Waals surface area (Å²) in [6.45, 7) is 5.38. The van der Waals surface area contributed by atoms with Crippen LogP contribution in [0.25, 0.3) is 11.1 Å². The number of methoxy groups -OCH3 is 1. The Hall–Kier alpha value is -3.39. The number of aliphatic carboxylic acids is 1. The van der Waals surface area contributed by atoms with E-state index in [4.69, 9.17) is 9.47 Å². The summed E-state index contributed by atoms with van der Waals surface area (Å²) in [4.78, 5) is 39.6. The molecule has 2 aliphatic rings. The van der Waals surface area contributed by atoms with Crippen LogP contribution >= 0.6 is 0 Å². The van der Waals surface area contributed by atoms with Crippen molar-refractivity contribution in [2.75, 3.05) is 20.3 Å². The molecule has 4 rings (SSSR count). The van der Waals surface area contributed by atoms with Crippen molar-refractivity contribution in [2.45, 2.75) is 50.8 Å². The summed E-state index contributed by atoms with van der Waals surface area (Å²) >= 11 is 0. The van der Waals surface area contributed by atoms with Gasteiger partial charge in [-0.15, -0.1) is 0 Å². The molecule has 3 atom stereocenters. The first-order valence-electron chi connectivity index (χ1n) is 11.9. The van der Waals surface area contributed by atoms with Gasteiger partial charge in [0.1, 0.15) is 18.2 Å². The number of amides is 2. The molecule has 0 saturated carbocycles. The third-order valence-corrected chi connectivity index (χ3v) is 7.22. The summed E-state index contributed by atoms with van der Waals surface area (Å²) in [5, 5.41) is 12.5. The number of carbonyl (C=O) groups is 3. The number of nitrogens with one attached hydrogen (secondary N) is 1. The van der Waals surface area contributed by atoms with Crippen LogP contribution in [-0.4, -0.2) is 65.9 Å². The molecule has 0 spiro atoms. The number of carboxylic acid groups (broad SMARTS) is 1. The second kappa shape index (κ2) is 9.70. The molecule has 186 valence electrons. The molecule has 8 heteroatoms. The average molecular weight is 481 g/mol. The molecular weight excluding hydrogens is 448 g/mol. The first-order chi connectivity index (χ1) is 16.7. The highest BCUT2D eigenvalue weighted by atomic mass is 16.5. The second-order valence-electron chi connectivity index (χ2n) is 9.78. The van der Waals surface area contributed by atoms with Crippen molar-refractivity contribution < 1.29 is 29.0 Å². The molecule has 2 unspecified atom stereocenters. The van der Waals surface area contributed by atoms with Gasteiger partial charge in [0.25, 0.3) is 0 Å². The number of likely N-dealkylation sites (tertiary alicyclic amines) is 1. The maximum absolute atomic E-state index is 13.4. The molecule has 0 bridgehead atoms. The lowest BCUT2D eigenvalue weighted by Crippen LogP contribution is -2.58. The average Bonchev–Trinajstić information content (AvgIpc) is 3.36. The Morgan fingerprint density at radius 2 is 1.66 bits per heavy atom. The highest BCUT2D eigenvalue weighted by Gasteiger charge is 2.52. The number of rotatable bonds is 7. The maximum atomic E-state index is 13.4. The van der Waals surface area contributed by atoms with Crippen LogP contribution in [0.2, 0.25) is 0 Å². The monoisotopic (exact) mass is 480 g/mol. The van der Waals surface area contributed by atoms with Crippen molar-refractivity contribution in [3.63, 3.8) is 0 Å². The number of hydrogen-bond acceptors (Lipinski definition) is 5. The van der Waals surface area contributed by atoms with Crippen molar-refractivity contribution >= 4 is 18.0 Å². The van der Waals surface area contributed by atoms with Gasteiger partial charge in [0.15, 0.2) is 0 Å². The number of ether oxygens (including phenoxy) is 2. The number of benzene rings is 2. The van der Waals surface area contributed by atoms with Gasteiger partial charge in [-0.05, 0) is 35.1 Å². The number of alkyl carbamates (subject to hydrolysis) is 1. The van der Waals surface area contributed by atoms with Gasteiger partial charge >= 0.3 is 12.1 Å². The smallest absolute Gasteiger partial charge is 0.407 e. The minimum Gasteiger partial charge on any atom is -0.480 e. The number of nitrogens with zero attached hydrogens (tertiary/aromatic N) is 1. The van der Waals surface area contributed by atoms with Crippen LogP contribution in [0.5, 0.6) is 0 Å². The van der Waals surface area contributed by atoms with Crippen LogP contribution in [-0.2, 0) is 19.1 Å². The molecule has 35 heavy (non-hydrogen) atoms. The molecule has 1 aliphatic heterocycles. The quantitative estimate of drug-likeness (QED) is 0.627. The molecule has 1 aliphatic carbocycles. The zero-order valence-electron chi connectivity index (χ0n) is 20.5. The van der Waals surface area contributed by atoms with E-state index in [1.807, 2.05) is 36.4 Å². The summed E-state index contributed by atoms with van der Waals surface area (Å²) in [5.74, 6) is -1.94. The number of carbonyl (C=O) groups excluding carboxylic acids is 2. The normalized spacial score (nSPS) is 22.0. The molecular formula is C27H32N2O6. The van der Waals surface area contributed by atoms with E-state index < -0.39 is 29.6 Å². The predicted molar refractivity (Wildman–Crippen MR) is 130 cm³/mol. The van der Waals surface area contributed by atoms with Crippen LogP contribution in [0, 0.1) is 5.92 Å². The van der Waals surface area contributed by atoms with Gasteiger partial charge in [-0.1, -0.05) is 62.4 Å². The predicted octanol–water partition coefficient (Wildman–Crippen LogP) is 3.64. The molecule has 8 nitrogen and oxygen atoms in total. The van der Waals surface area contributed by atoms with Gasteiger partial charge in [0.05, 0.1) is 6.10 Å². The summed E-state index contributed by atoms with van der Waals surface area (Å²) < 4.78 is 11.0. The van der Waals surface area contributed by atoms with Crippen LogP contribution < -0.4 is 5.32 Å². The Labute approximate surface area is 205 Å². The van der Waals surface area contributed by atoms with Gasteiger partial charge in [0.2, 0.25) is 5.91 Å². The van der Waals surface area contributed by atoms with E-state index in [-0.39, 0.29) is 37.5 Å². The van der Waals surface area contributed by atoms with Gasteiger partial charge in [-0.25, -0.2) is 9.59 Å². The first-order valence-corrected chi connectivity index (χ1v) is 11.9. The van der Waals surface area contributed by atoms with E-state index >= 15 is 0 Å². The lowest BCUT2D eigenvalue weighted by atomic mass is 9.96. The lowest BCUT2D eigenvalue weighted by molar-refractivity contribution is -0.156. The molecule has 1 heterocycles. The SMILES string of the molecule is COC1CN(C(=O)[C@@H](NC(=O)OCC2c3ccccc3-c3ccccc32)C(C)C)C(C)(C(=O)O)C1. The molecule has 2 N–H and O–H groups in total. The molecule has 0 radical (unpaired) electrons. The van der Waals surface area contributed by atoms with Crippen LogP contribution in [0.3, 0.4) is 0 Å². The fourth-order valence-corrected chi connectivity index (χ4v) is 5.17. The zero-order valence-corrected chi connectivity index (χ0v) is 20.5. The summed E-state index contributed by atoms with van der Waals surface area (Å²) in [6, 6.07) is 15.2. The Balaban J connectivity index is 1.47. The zero-order chi connectivity index (χ0) is 25.3. The van der Waals surface area contributed by atoms with E-state index in [1.165, 1.54) is 18.9 Å². The van der Waals surface area contributed by atoms with E-state index in [9.17, 15) is 19.5 Å². The number of hydrogen-bond donors (Lipinski definition) is 2. The van der Waals surface area contributed by atoms with E-state index in [0.717, 1.165) is 22.3 Å². The molecule has 2 aromatic rings. The van der Waals surface area contributed by atoms with Crippen molar-refractivity contribution in [3.05, 3.63) is 59.7 Å². The Morgan fingerprint density at radius 3 is 2.17 bits per heavy atom. The van der Waals surface area contributed by atoms with Crippen molar-refractivity contribution in [3.8, 4) is 11.1 Å². The lowest BCUT2D eigenvalue weighted by Gasteiger charge is -2.34. The fraction of sp³-hybridized carbons (Fsp3) is 0.444. The molecule has 1 fully saturated rings. The number of fused-ring (bicyclic) bond motifs is 3. The first kappa shape index (κ1) is 24.7. The third kappa shape index (κ3) is 4.50. The molecule has 0 aromatic heterocycles. The van der Waals surface area contributed by atoms with Crippen LogP contribution in [0.15, 0.2) is 48.5 Å². The fourth-order valence-electron chi connectivity index (χ4n) is 5.17. The van der Waals surface area contributed by atoms with E-state index in [1.54, 1.807) is 13.8 Å².